The van der Waals surface area contributed by atoms with Gasteiger partial charge in [-0.25, -0.2) is 4.39 Å². The smallest absolute Gasteiger partial charge is 0.306 e. The molecular weight excluding hydrogens is 211 g/mol. The molecule has 16 heavy (non-hydrogen) atoms. The molecule has 0 heterocycles. The Hall–Kier alpha value is -1.58. The number of ether oxygens (including phenoxy) is 2. The van der Waals surface area contributed by atoms with E-state index in [0.717, 1.165) is 0 Å². The molecule has 0 atom stereocenters. The van der Waals surface area contributed by atoms with Crippen LogP contribution in [0.2, 0.25) is 0 Å². The van der Waals surface area contributed by atoms with Gasteiger partial charge in [-0.3, -0.25) is 4.79 Å². The highest BCUT2D eigenvalue weighted by molar-refractivity contribution is 5.69. The molecule has 88 valence electrons. The lowest BCUT2D eigenvalue weighted by atomic mass is 10.1. The maximum Gasteiger partial charge on any atom is 0.306 e. The molecule has 1 aromatic carbocycles. The Bertz CT molecular complexity index is 363. The van der Waals surface area contributed by atoms with Crippen LogP contribution < -0.4 is 4.74 Å². The Morgan fingerprint density at radius 2 is 2.19 bits per heavy atom. The van der Waals surface area contributed by atoms with Crippen molar-refractivity contribution in [3.8, 4) is 5.75 Å². The van der Waals surface area contributed by atoms with E-state index in [1.165, 1.54) is 19.2 Å². The molecule has 0 N–H and O–H groups in total. The van der Waals surface area contributed by atoms with Crippen molar-refractivity contribution in [3.63, 3.8) is 0 Å². The van der Waals surface area contributed by atoms with Crippen molar-refractivity contribution in [2.45, 2.75) is 19.8 Å². The summed E-state index contributed by atoms with van der Waals surface area (Å²) >= 11 is 0. The van der Waals surface area contributed by atoms with Gasteiger partial charge in [0.15, 0.2) is 0 Å². The molecule has 0 aromatic heterocycles. The number of carbonyl (C=O) groups is 1. The van der Waals surface area contributed by atoms with Gasteiger partial charge in [-0.05, 0) is 37.1 Å². The molecule has 0 spiro atoms. The van der Waals surface area contributed by atoms with Crippen molar-refractivity contribution in [1.29, 1.82) is 0 Å². The minimum atomic E-state index is -0.334. The van der Waals surface area contributed by atoms with Crippen LogP contribution in [0.4, 0.5) is 4.39 Å². The average Bonchev–Trinajstić information content (AvgIpc) is 2.27. The Balaban J connectivity index is 2.65. The first kappa shape index (κ1) is 12.5. The first-order valence-electron chi connectivity index (χ1n) is 5.15. The summed E-state index contributed by atoms with van der Waals surface area (Å²) in [4.78, 5) is 11.1. The van der Waals surface area contributed by atoms with E-state index in [4.69, 9.17) is 9.47 Å². The lowest BCUT2D eigenvalue weighted by Crippen LogP contribution is -2.06. The monoisotopic (exact) mass is 226 g/mol. The van der Waals surface area contributed by atoms with E-state index in [9.17, 15) is 9.18 Å². The lowest BCUT2D eigenvalue weighted by Gasteiger charge is -2.08. The Morgan fingerprint density at radius 3 is 2.81 bits per heavy atom. The van der Waals surface area contributed by atoms with Crippen molar-refractivity contribution in [2.24, 2.45) is 0 Å². The van der Waals surface area contributed by atoms with E-state index in [-0.39, 0.29) is 18.2 Å². The first-order valence-corrected chi connectivity index (χ1v) is 5.15. The van der Waals surface area contributed by atoms with Crippen LogP contribution in [-0.4, -0.2) is 19.7 Å². The normalized spacial score (nSPS) is 9.94. The molecule has 0 aliphatic heterocycles. The van der Waals surface area contributed by atoms with Crippen LogP contribution in [0, 0.1) is 5.82 Å². The number of rotatable bonds is 5. The fourth-order valence-electron chi connectivity index (χ4n) is 1.41. The predicted molar refractivity (Wildman–Crippen MR) is 57.9 cm³/mol. The number of aryl methyl sites for hydroxylation is 1. The van der Waals surface area contributed by atoms with Crippen LogP contribution in [0.1, 0.15) is 18.9 Å². The largest absolute Gasteiger partial charge is 0.496 e. The highest BCUT2D eigenvalue weighted by Gasteiger charge is 2.08. The van der Waals surface area contributed by atoms with E-state index >= 15 is 0 Å². The summed E-state index contributed by atoms with van der Waals surface area (Å²) in [6.45, 7) is 2.11. The first-order chi connectivity index (χ1) is 7.67. The summed E-state index contributed by atoms with van der Waals surface area (Å²) in [5.74, 6) is -0.0285. The quantitative estimate of drug-likeness (QED) is 0.723. The van der Waals surface area contributed by atoms with Crippen molar-refractivity contribution in [1.82, 2.24) is 0 Å². The molecular formula is C12H15FO3. The Morgan fingerprint density at radius 1 is 1.44 bits per heavy atom. The second-order valence-electron chi connectivity index (χ2n) is 3.26. The van der Waals surface area contributed by atoms with Crippen LogP contribution in [-0.2, 0) is 16.0 Å². The third kappa shape index (κ3) is 3.53. The Kier molecular flexibility index (Phi) is 4.76. The van der Waals surface area contributed by atoms with Gasteiger partial charge >= 0.3 is 5.97 Å². The van der Waals surface area contributed by atoms with Gasteiger partial charge in [-0.15, -0.1) is 0 Å². The van der Waals surface area contributed by atoms with Crippen LogP contribution in [0.25, 0.3) is 0 Å². The number of hydrogen-bond donors (Lipinski definition) is 0. The van der Waals surface area contributed by atoms with E-state index in [2.05, 4.69) is 0 Å². The zero-order valence-electron chi connectivity index (χ0n) is 9.46. The van der Waals surface area contributed by atoms with E-state index in [0.29, 0.717) is 24.3 Å². The predicted octanol–water partition coefficient (Wildman–Crippen LogP) is 2.33. The second-order valence-corrected chi connectivity index (χ2v) is 3.26. The molecule has 4 heteroatoms. The molecule has 0 aliphatic rings. The summed E-state index contributed by atoms with van der Waals surface area (Å²) in [5, 5.41) is 0. The summed E-state index contributed by atoms with van der Waals surface area (Å²) in [5.41, 5.74) is 0.676. The molecule has 0 unspecified atom stereocenters. The lowest BCUT2D eigenvalue weighted by molar-refractivity contribution is -0.143. The van der Waals surface area contributed by atoms with Crippen LogP contribution in [0.5, 0.6) is 5.75 Å². The van der Waals surface area contributed by atoms with Crippen LogP contribution >= 0.6 is 0 Å². The van der Waals surface area contributed by atoms with Gasteiger partial charge in [-0.2, -0.15) is 0 Å². The molecule has 0 aliphatic carbocycles. The minimum Gasteiger partial charge on any atom is -0.496 e. The number of esters is 1. The molecule has 1 aromatic rings. The fourth-order valence-corrected chi connectivity index (χ4v) is 1.41. The summed E-state index contributed by atoms with van der Waals surface area (Å²) < 4.78 is 22.9. The number of methoxy groups -OCH3 is 1. The minimum absolute atomic E-state index is 0.230. The van der Waals surface area contributed by atoms with Gasteiger partial charge in [0.1, 0.15) is 11.6 Å². The van der Waals surface area contributed by atoms with Crippen molar-refractivity contribution >= 4 is 5.97 Å². The molecule has 0 fully saturated rings. The summed E-state index contributed by atoms with van der Waals surface area (Å²) in [7, 11) is 1.51. The molecule has 0 radical (unpaired) electrons. The number of benzene rings is 1. The van der Waals surface area contributed by atoms with E-state index in [1.54, 1.807) is 13.0 Å². The summed E-state index contributed by atoms with van der Waals surface area (Å²) in [6.07, 6.45) is 0.646. The summed E-state index contributed by atoms with van der Waals surface area (Å²) in [6, 6.07) is 4.25. The molecule has 3 nitrogen and oxygen atoms in total. The number of hydrogen-bond acceptors (Lipinski definition) is 3. The van der Waals surface area contributed by atoms with Gasteiger partial charge in [0.25, 0.3) is 0 Å². The third-order valence-electron chi connectivity index (χ3n) is 2.15. The van der Waals surface area contributed by atoms with Gasteiger partial charge < -0.3 is 9.47 Å². The number of halogens is 1. The highest BCUT2D eigenvalue weighted by Crippen LogP contribution is 2.20. The third-order valence-corrected chi connectivity index (χ3v) is 2.15. The highest BCUT2D eigenvalue weighted by atomic mass is 19.1. The van der Waals surface area contributed by atoms with Gasteiger partial charge in [0.2, 0.25) is 0 Å². The maximum absolute atomic E-state index is 13.0. The van der Waals surface area contributed by atoms with Crippen LogP contribution in [0.3, 0.4) is 0 Å². The molecule has 0 bridgehead atoms. The van der Waals surface area contributed by atoms with Crippen molar-refractivity contribution in [2.75, 3.05) is 13.7 Å². The number of carbonyl (C=O) groups excluding carboxylic acids is 1. The second kappa shape index (κ2) is 6.10. The SMILES string of the molecule is CCOC(=O)CCc1cc(F)ccc1OC. The zero-order chi connectivity index (χ0) is 12.0. The Labute approximate surface area is 94.2 Å². The topological polar surface area (TPSA) is 35.5 Å². The molecule has 0 amide bonds. The molecule has 1 rings (SSSR count). The van der Waals surface area contributed by atoms with Crippen molar-refractivity contribution < 1.29 is 18.7 Å². The maximum atomic E-state index is 13.0. The van der Waals surface area contributed by atoms with Gasteiger partial charge in [0.05, 0.1) is 13.7 Å². The van der Waals surface area contributed by atoms with Crippen molar-refractivity contribution in [3.05, 3.63) is 29.6 Å². The van der Waals surface area contributed by atoms with Gasteiger partial charge in [-0.1, -0.05) is 0 Å². The van der Waals surface area contributed by atoms with E-state index in [1.807, 2.05) is 0 Å². The van der Waals surface area contributed by atoms with Crippen LogP contribution in [0.15, 0.2) is 18.2 Å². The molecule has 0 saturated heterocycles. The average molecular weight is 226 g/mol. The zero-order valence-corrected chi connectivity index (χ0v) is 9.46. The van der Waals surface area contributed by atoms with E-state index < -0.39 is 0 Å². The van der Waals surface area contributed by atoms with Gasteiger partial charge in [0, 0.05) is 6.42 Å². The standard InChI is InChI=1S/C12H15FO3/c1-3-16-12(14)7-4-9-8-10(13)5-6-11(9)15-2/h5-6,8H,3-4,7H2,1-2H3. The fraction of sp³-hybridized carbons (Fsp3) is 0.417. The molecule has 0 saturated carbocycles.